The van der Waals surface area contributed by atoms with Gasteiger partial charge < -0.3 is 15.5 Å². The SMILES string of the molecule is Cc1nnc(-c2c(C[C@H](F)c3ccc(F)cc3)nc(CC(C)C)c(C(N)=O)c2-c2ccc(C(=O)N[C@H]3CCc4ccccc43)s2)o1. The zero-order valence-corrected chi connectivity index (χ0v) is 26.5. The van der Waals surface area contributed by atoms with Crippen LogP contribution in [0.25, 0.3) is 21.9 Å². The lowest BCUT2D eigenvalue weighted by Gasteiger charge is -2.20. The smallest absolute Gasteiger partial charge is 0.261 e. The summed E-state index contributed by atoms with van der Waals surface area (Å²) in [5.41, 5.74) is 10.1. The van der Waals surface area contributed by atoms with Crippen LogP contribution in [-0.2, 0) is 19.3 Å². The summed E-state index contributed by atoms with van der Waals surface area (Å²) < 4.78 is 35.3. The number of thiophene rings is 1. The van der Waals surface area contributed by atoms with E-state index >= 15 is 4.39 Å². The number of hydrogen-bond donors (Lipinski definition) is 2. The van der Waals surface area contributed by atoms with Crippen LogP contribution in [0.3, 0.4) is 0 Å². The fourth-order valence-corrected chi connectivity index (χ4v) is 6.97. The van der Waals surface area contributed by atoms with E-state index in [1.165, 1.54) is 41.2 Å². The van der Waals surface area contributed by atoms with Gasteiger partial charge in [0.1, 0.15) is 12.0 Å². The summed E-state index contributed by atoms with van der Waals surface area (Å²) >= 11 is 1.19. The van der Waals surface area contributed by atoms with Gasteiger partial charge in [-0.05, 0) is 66.1 Å². The van der Waals surface area contributed by atoms with Crippen molar-refractivity contribution in [1.82, 2.24) is 20.5 Å². The normalized spacial score (nSPS) is 14.8. The summed E-state index contributed by atoms with van der Waals surface area (Å²) in [5, 5.41) is 11.4. The quantitative estimate of drug-likeness (QED) is 0.165. The molecular formula is C35H33F2N5O3S. The Bertz CT molecular complexity index is 1920. The lowest BCUT2D eigenvalue weighted by Crippen LogP contribution is -2.26. The Hall–Kier alpha value is -4.77. The predicted octanol–water partition coefficient (Wildman–Crippen LogP) is 7.28. The molecule has 11 heteroatoms. The number of nitrogens with one attached hydrogen (secondary N) is 1. The number of halogens is 2. The third-order valence-electron chi connectivity index (χ3n) is 8.05. The number of nitrogens with zero attached hydrogens (tertiary/aromatic N) is 3. The van der Waals surface area contributed by atoms with E-state index in [4.69, 9.17) is 15.1 Å². The van der Waals surface area contributed by atoms with Gasteiger partial charge in [0.05, 0.1) is 33.4 Å². The first-order chi connectivity index (χ1) is 22.1. The molecule has 6 rings (SSSR count). The molecule has 3 heterocycles. The molecule has 236 valence electrons. The topological polar surface area (TPSA) is 124 Å². The van der Waals surface area contributed by atoms with E-state index in [0.717, 1.165) is 18.4 Å². The van der Waals surface area contributed by atoms with Crippen molar-refractivity contribution in [3.8, 4) is 21.9 Å². The number of primary amides is 1. The number of carbonyl (C=O) groups excluding carboxylic acids is 2. The Morgan fingerprint density at radius 3 is 2.48 bits per heavy atom. The van der Waals surface area contributed by atoms with E-state index < -0.39 is 17.9 Å². The van der Waals surface area contributed by atoms with E-state index in [2.05, 4.69) is 21.6 Å². The second kappa shape index (κ2) is 12.9. The number of hydrogen-bond acceptors (Lipinski definition) is 7. The molecule has 1 aliphatic carbocycles. The highest BCUT2D eigenvalue weighted by Crippen LogP contribution is 2.43. The first-order valence-electron chi connectivity index (χ1n) is 15.1. The number of alkyl halides is 1. The van der Waals surface area contributed by atoms with Gasteiger partial charge in [-0.2, -0.15) is 0 Å². The molecule has 3 aromatic heterocycles. The number of aromatic nitrogens is 3. The van der Waals surface area contributed by atoms with Crippen LogP contribution in [0.2, 0.25) is 0 Å². The molecule has 3 N–H and O–H groups in total. The Kier molecular flexibility index (Phi) is 8.77. The molecule has 0 bridgehead atoms. The maximum absolute atomic E-state index is 15.9. The summed E-state index contributed by atoms with van der Waals surface area (Å²) in [5.74, 6) is -1.05. The van der Waals surface area contributed by atoms with Gasteiger partial charge >= 0.3 is 0 Å². The van der Waals surface area contributed by atoms with Gasteiger partial charge in [0.2, 0.25) is 11.8 Å². The molecule has 0 unspecified atom stereocenters. The van der Waals surface area contributed by atoms with Gasteiger partial charge in [0, 0.05) is 23.8 Å². The molecule has 0 saturated heterocycles. The van der Waals surface area contributed by atoms with Crippen molar-refractivity contribution in [1.29, 1.82) is 0 Å². The van der Waals surface area contributed by atoms with E-state index in [0.29, 0.717) is 27.4 Å². The average Bonchev–Trinajstić information content (AvgIpc) is 3.77. The highest BCUT2D eigenvalue weighted by atomic mass is 32.1. The monoisotopic (exact) mass is 641 g/mol. The van der Waals surface area contributed by atoms with Crippen molar-refractivity contribution in [3.05, 3.63) is 111 Å². The van der Waals surface area contributed by atoms with Crippen molar-refractivity contribution in [3.63, 3.8) is 0 Å². The molecule has 2 aromatic carbocycles. The second-order valence-corrected chi connectivity index (χ2v) is 13.0. The third kappa shape index (κ3) is 6.32. The summed E-state index contributed by atoms with van der Waals surface area (Å²) in [7, 11) is 0. The zero-order valence-electron chi connectivity index (χ0n) is 25.6. The first kappa shape index (κ1) is 31.2. The molecule has 1 aliphatic rings. The van der Waals surface area contributed by atoms with Crippen molar-refractivity contribution < 1.29 is 22.8 Å². The van der Waals surface area contributed by atoms with Crippen molar-refractivity contribution >= 4 is 23.2 Å². The lowest BCUT2D eigenvalue weighted by molar-refractivity contribution is 0.0939. The largest absolute Gasteiger partial charge is 0.421 e. The molecule has 0 aliphatic heterocycles. The average molecular weight is 642 g/mol. The number of rotatable bonds is 10. The number of aryl methyl sites for hydroxylation is 2. The molecule has 2 amide bonds. The van der Waals surface area contributed by atoms with Crippen LogP contribution in [0.1, 0.15) is 86.5 Å². The minimum Gasteiger partial charge on any atom is -0.421 e. The molecule has 8 nitrogen and oxygen atoms in total. The molecule has 0 radical (unpaired) electrons. The van der Waals surface area contributed by atoms with E-state index in [1.54, 1.807) is 19.1 Å². The van der Waals surface area contributed by atoms with Crippen LogP contribution in [0.15, 0.2) is 65.1 Å². The first-order valence-corrected chi connectivity index (χ1v) is 15.9. The Balaban J connectivity index is 1.48. The number of carbonyl (C=O) groups is 2. The maximum atomic E-state index is 15.9. The molecule has 2 atom stereocenters. The number of fused-ring (bicyclic) bond motifs is 1. The van der Waals surface area contributed by atoms with E-state index in [9.17, 15) is 14.0 Å². The summed E-state index contributed by atoms with van der Waals surface area (Å²) in [6.45, 7) is 5.58. The standard InChI is InChI=1S/C35H33F2N5O3S/c1-18(2)16-26-30(33(38)43)32(28-14-15-29(46-28)34(44)40-25-13-10-20-6-4-5-7-23(20)25)31(35-42-41-19(3)45-35)27(39-26)17-24(37)21-8-11-22(36)12-9-21/h4-9,11-12,14-15,18,24-25H,10,13,16-17H2,1-3H3,(H2,38,43)(H,40,44)/t24-,25-/m0/s1. The van der Waals surface area contributed by atoms with Crippen molar-refractivity contribution in [2.24, 2.45) is 11.7 Å². The van der Waals surface area contributed by atoms with Gasteiger partial charge in [0.15, 0.2) is 0 Å². The van der Waals surface area contributed by atoms with Crippen LogP contribution in [0, 0.1) is 18.7 Å². The fourth-order valence-electron chi connectivity index (χ4n) is 6.00. The van der Waals surface area contributed by atoms with Gasteiger partial charge in [0.25, 0.3) is 11.8 Å². The number of amides is 2. The van der Waals surface area contributed by atoms with Crippen LogP contribution in [-0.4, -0.2) is 27.0 Å². The highest BCUT2D eigenvalue weighted by molar-refractivity contribution is 7.17. The van der Waals surface area contributed by atoms with Crippen LogP contribution in [0.5, 0.6) is 0 Å². The van der Waals surface area contributed by atoms with Gasteiger partial charge in [-0.1, -0.05) is 50.2 Å². The number of nitrogens with two attached hydrogens (primary N) is 1. The summed E-state index contributed by atoms with van der Waals surface area (Å²) in [6, 6.07) is 16.6. The molecule has 0 saturated carbocycles. The molecule has 5 aromatic rings. The summed E-state index contributed by atoms with van der Waals surface area (Å²) in [6.07, 6.45) is 0.292. The van der Waals surface area contributed by atoms with Crippen molar-refractivity contribution in [2.45, 2.75) is 58.7 Å². The number of pyridine rings is 1. The maximum Gasteiger partial charge on any atom is 0.261 e. The van der Waals surface area contributed by atoms with E-state index in [1.807, 2.05) is 32.0 Å². The minimum absolute atomic E-state index is 0.0434. The van der Waals surface area contributed by atoms with Crippen molar-refractivity contribution in [2.75, 3.05) is 0 Å². The van der Waals surface area contributed by atoms with E-state index in [-0.39, 0.29) is 58.5 Å². The molecule has 46 heavy (non-hydrogen) atoms. The minimum atomic E-state index is -1.56. The zero-order chi connectivity index (χ0) is 32.5. The van der Waals surface area contributed by atoms with Crippen LogP contribution in [0.4, 0.5) is 8.78 Å². The Morgan fingerprint density at radius 1 is 1.02 bits per heavy atom. The Labute approximate surface area is 269 Å². The molecular weight excluding hydrogens is 608 g/mol. The second-order valence-electron chi connectivity index (χ2n) is 11.9. The van der Waals surface area contributed by atoms with Gasteiger partial charge in [-0.15, -0.1) is 21.5 Å². The van der Waals surface area contributed by atoms with Gasteiger partial charge in [-0.3, -0.25) is 14.6 Å². The highest BCUT2D eigenvalue weighted by Gasteiger charge is 2.31. The van der Waals surface area contributed by atoms with Gasteiger partial charge in [-0.25, -0.2) is 8.78 Å². The molecule has 0 fully saturated rings. The van der Waals surface area contributed by atoms with Crippen LogP contribution >= 0.6 is 11.3 Å². The summed E-state index contributed by atoms with van der Waals surface area (Å²) in [4.78, 5) is 32.5. The molecule has 0 spiro atoms. The predicted molar refractivity (Wildman–Crippen MR) is 172 cm³/mol. The van der Waals surface area contributed by atoms with Crippen LogP contribution < -0.4 is 11.1 Å². The Morgan fingerprint density at radius 2 is 1.78 bits per heavy atom. The third-order valence-corrected chi connectivity index (χ3v) is 9.16. The lowest BCUT2D eigenvalue weighted by atomic mass is 9.91. The fraction of sp³-hybridized carbons (Fsp3) is 0.286. The number of benzene rings is 2.